The monoisotopic (exact) mass is 242 g/mol. The normalized spacial score (nSPS) is 10.9. The fourth-order valence-corrected chi connectivity index (χ4v) is 1.95. The number of para-hydroxylation sites is 1. The number of nitrogens with zero attached hydrogens (tertiary/aromatic N) is 2. The quantitative estimate of drug-likeness (QED) is 0.701. The topological polar surface area (TPSA) is 38.9 Å². The van der Waals surface area contributed by atoms with E-state index in [1.54, 1.807) is 12.5 Å². The summed E-state index contributed by atoms with van der Waals surface area (Å²) >= 11 is 4.18. The molecule has 3 nitrogen and oxygen atoms in total. The molecule has 0 amide bonds. The molecule has 0 saturated heterocycles. The summed E-state index contributed by atoms with van der Waals surface area (Å²) in [7, 11) is 0. The molecular formula is C13H10N2OS. The molecule has 0 radical (unpaired) electrons. The molecule has 0 unspecified atom stereocenters. The number of furan rings is 1. The lowest BCUT2D eigenvalue weighted by Crippen LogP contribution is -1.92. The van der Waals surface area contributed by atoms with Crippen LogP contribution in [0.4, 0.5) is 0 Å². The maximum atomic E-state index is 5.50. The van der Waals surface area contributed by atoms with E-state index >= 15 is 0 Å². The second-order valence-corrected chi connectivity index (χ2v) is 3.98. The molecule has 2 aromatic heterocycles. The van der Waals surface area contributed by atoms with E-state index in [0.29, 0.717) is 5.75 Å². The minimum absolute atomic E-state index is 0.531. The zero-order valence-electron chi connectivity index (χ0n) is 9.00. The highest BCUT2D eigenvalue weighted by molar-refractivity contribution is 7.79. The van der Waals surface area contributed by atoms with E-state index in [0.717, 1.165) is 28.1 Å². The fourth-order valence-electron chi connectivity index (χ4n) is 1.80. The highest BCUT2D eigenvalue weighted by Crippen LogP contribution is 2.28. The molecule has 84 valence electrons. The van der Waals surface area contributed by atoms with Gasteiger partial charge >= 0.3 is 0 Å². The van der Waals surface area contributed by atoms with Gasteiger partial charge in [-0.25, -0.2) is 9.97 Å². The molecule has 4 heteroatoms. The smallest absolute Gasteiger partial charge is 0.138 e. The van der Waals surface area contributed by atoms with Crippen LogP contribution in [0.15, 0.2) is 47.2 Å². The SMILES string of the molecule is SCc1nccc(-c2coc3ccccc23)n1. The van der Waals surface area contributed by atoms with Gasteiger partial charge in [-0.3, -0.25) is 0 Å². The van der Waals surface area contributed by atoms with Crippen LogP contribution in [0.2, 0.25) is 0 Å². The third kappa shape index (κ3) is 1.80. The molecule has 0 spiro atoms. The van der Waals surface area contributed by atoms with Crippen molar-refractivity contribution in [2.24, 2.45) is 0 Å². The van der Waals surface area contributed by atoms with E-state index in [1.807, 2.05) is 30.3 Å². The van der Waals surface area contributed by atoms with Gasteiger partial charge in [0.05, 0.1) is 11.4 Å². The van der Waals surface area contributed by atoms with Crippen LogP contribution < -0.4 is 0 Å². The highest BCUT2D eigenvalue weighted by atomic mass is 32.1. The standard InChI is InChI=1S/C13H10N2OS/c17-8-13-14-6-5-11(15-13)10-7-16-12-4-2-1-3-9(10)12/h1-7,17H,8H2. The highest BCUT2D eigenvalue weighted by Gasteiger charge is 2.09. The Labute approximate surface area is 104 Å². The molecule has 0 saturated carbocycles. The van der Waals surface area contributed by atoms with Gasteiger partial charge in [0, 0.05) is 17.1 Å². The van der Waals surface area contributed by atoms with Crippen molar-refractivity contribution in [3.05, 3.63) is 48.6 Å². The van der Waals surface area contributed by atoms with Crippen molar-refractivity contribution in [2.75, 3.05) is 0 Å². The number of thiol groups is 1. The van der Waals surface area contributed by atoms with E-state index in [1.165, 1.54) is 0 Å². The average molecular weight is 242 g/mol. The summed E-state index contributed by atoms with van der Waals surface area (Å²) in [6, 6.07) is 9.79. The molecule has 0 atom stereocenters. The van der Waals surface area contributed by atoms with Gasteiger partial charge in [0.2, 0.25) is 0 Å². The van der Waals surface area contributed by atoms with Crippen molar-refractivity contribution >= 4 is 23.6 Å². The van der Waals surface area contributed by atoms with Crippen LogP contribution in [-0.4, -0.2) is 9.97 Å². The van der Waals surface area contributed by atoms with Gasteiger partial charge in [0.1, 0.15) is 17.7 Å². The van der Waals surface area contributed by atoms with E-state index in [2.05, 4.69) is 22.6 Å². The number of aromatic nitrogens is 2. The Hall–Kier alpha value is -1.81. The van der Waals surface area contributed by atoms with Crippen molar-refractivity contribution in [3.8, 4) is 11.3 Å². The average Bonchev–Trinajstić information content (AvgIpc) is 2.82. The first-order valence-corrected chi connectivity index (χ1v) is 5.91. The van der Waals surface area contributed by atoms with Crippen molar-refractivity contribution < 1.29 is 4.42 Å². The van der Waals surface area contributed by atoms with Crippen LogP contribution in [0.25, 0.3) is 22.2 Å². The first-order chi connectivity index (χ1) is 8.38. The van der Waals surface area contributed by atoms with Crippen LogP contribution in [0.1, 0.15) is 5.82 Å². The zero-order chi connectivity index (χ0) is 11.7. The van der Waals surface area contributed by atoms with Crippen molar-refractivity contribution in [1.29, 1.82) is 0 Å². The molecule has 3 aromatic rings. The molecule has 0 aliphatic heterocycles. The van der Waals surface area contributed by atoms with Gasteiger partial charge in [-0.15, -0.1) is 0 Å². The predicted molar refractivity (Wildman–Crippen MR) is 69.9 cm³/mol. The Morgan fingerprint density at radius 1 is 1.18 bits per heavy atom. The number of rotatable bonds is 2. The lowest BCUT2D eigenvalue weighted by atomic mass is 10.1. The lowest BCUT2D eigenvalue weighted by Gasteiger charge is -1.99. The van der Waals surface area contributed by atoms with Crippen molar-refractivity contribution in [3.63, 3.8) is 0 Å². The van der Waals surface area contributed by atoms with Crippen LogP contribution >= 0.6 is 12.6 Å². The largest absolute Gasteiger partial charge is 0.464 e. The number of fused-ring (bicyclic) bond motifs is 1. The van der Waals surface area contributed by atoms with Gasteiger partial charge in [0.15, 0.2) is 0 Å². The molecular weight excluding hydrogens is 232 g/mol. The fraction of sp³-hybridized carbons (Fsp3) is 0.0769. The Balaban J connectivity index is 2.20. The molecule has 0 bridgehead atoms. The zero-order valence-corrected chi connectivity index (χ0v) is 9.89. The van der Waals surface area contributed by atoms with E-state index in [9.17, 15) is 0 Å². The molecule has 2 heterocycles. The van der Waals surface area contributed by atoms with E-state index < -0.39 is 0 Å². The molecule has 3 rings (SSSR count). The summed E-state index contributed by atoms with van der Waals surface area (Å²) in [6.07, 6.45) is 3.48. The second kappa shape index (κ2) is 4.22. The third-order valence-corrected chi connectivity index (χ3v) is 2.89. The van der Waals surface area contributed by atoms with Crippen molar-refractivity contribution in [1.82, 2.24) is 9.97 Å². The maximum Gasteiger partial charge on any atom is 0.138 e. The Bertz CT molecular complexity index is 663. The molecule has 17 heavy (non-hydrogen) atoms. The van der Waals surface area contributed by atoms with E-state index in [-0.39, 0.29) is 0 Å². The summed E-state index contributed by atoms with van der Waals surface area (Å²) < 4.78 is 5.50. The molecule has 0 aliphatic carbocycles. The van der Waals surface area contributed by atoms with Gasteiger partial charge < -0.3 is 4.42 Å². The van der Waals surface area contributed by atoms with Gasteiger partial charge in [0.25, 0.3) is 0 Å². The molecule has 0 aliphatic rings. The van der Waals surface area contributed by atoms with Gasteiger partial charge in [-0.1, -0.05) is 18.2 Å². The van der Waals surface area contributed by atoms with Crippen LogP contribution in [-0.2, 0) is 5.75 Å². The third-order valence-electron chi connectivity index (χ3n) is 2.60. The summed E-state index contributed by atoms with van der Waals surface area (Å²) in [4.78, 5) is 8.57. The molecule has 0 fully saturated rings. The number of benzene rings is 1. The number of hydrogen-bond donors (Lipinski definition) is 1. The molecule has 0 N–H and O–H groups in total. The van der Waals surface area contributed by atoms with E-state index in [4.69, 9.17) is 4.42 Å². The molecule has 1 aromatic carbocycles. The Morgan fingerprint density at radius 2 is 2.06 bits per heavy atom. The van der Waals surface area contributed by atoms with Gasteiger partial charge in [-0.2, -0.15) is 12.6 Å². The predicted octanol–water partition coefficient (Wildman–Crippen LogP) is 3.32. The van der Waals surface area contributed by atoms with Gasteiger partial charge in [-0.05, 0) is 12.1 Å². The second-order valence-electron chi connectivity index (χ2n) is 3.66. The first kappa shape index (κ1) is 10.4. The maximum absolute atomic E-state index is 5.50. The number of hydrogen-bond acceptors (Lipinski definition) is 4. The summed E-state index contributed by atoms with van der Waals surface area (Å²) in [5.41, 5.74) is 2.73. The summed E-state index contributed by atoms with van der Waals surface area (Å²) in [5.74, 6) is 1.25. The minimum atomic E-state index is 0.531. The Kier molecular flexibility index (Phi) is 2.57. The summed E-state index contributed by atoms with van der Waals surface area (Å²) in [5, 5.41) is 1.07. The minimum Gasteiger partial charge on any atom is -0.464 e. The van der Waals surface area contributed by atoms with Crippen LogP contribution in [0.5, 0.6) is 0 Å². The van der Waals surface area contributed by atoms with Crippen LogP contribution in [0.3, 0.4) is 0 Å². The Morgan fingerprint density at radius 3 is 2.94 bits per heavy atom. The first-order valence-electron chi connectivity index (χ1n) is 5.28. The summed E-state index contributed by atoms with van der Waals surface area (Å²) in [6.45, 7) is 0. The lowest BCUT2D eigenvalue weighted by molar-refractivity contribution is 0.616. The van der Waals surface area contributed by atoms with Crippen molar-refractivity contribution in [2.45, 2.75) is 5.75 Å². The van der Waals surface area contributed by atoms with Crippen LogP contribution in [0, 0.1) is 0 Å².